The lowest BCUT2D eigenvalue weighted by atomic mass is 9.99. The van der Waals surface area contributed by atoms with Crippen LogP contribution in [0.2, 0.25) is 0 Å². The molecule has 0 spiro atoms. The molecule has 1 unspecified atom stereocenters. The molecule has 3 rings (SSSR count). The zero-order chi connectivity index (χ0) is 18.0. The molecule has 1 aliphatic rings. The number of halogens is 1. The summed E-state index contributed by atoms with van der Waals surface area (Å²) in [5.74, 6) is -0.520. The van der Waals surface area contributed by atoms with Gasteiger partial charge in [0.25, 0.3) is 0 Å². The van der Waals surface area contributed by atoms with Crippen molar-refractivity contribution >= 4 is 48.3 Å². The number of piperidine rings is 1. The van der Waals surface area contributed by atoms with E-state index in [2.05, 4.69) is 26.2 Å². The topological polar surface area (TPSA) is 79.4 Å². The van der Waals surface area contributed by atoms with Crippen molar-refractivity contribution < 1.29 is 13.2 Å². The van der Waals surface area contributed by atoms with Gasteiger partial charge < -0.3 is 5.32 Å². The molecule has 1 amide bonds. The molecule has 1 saturated heterocycles. The molecular formula is C16H18BrN3O3S2. The number of benzene rings is 1. The van der Waals surface area contributed by atoms with Crippen LogP contribution in [0.3, 0.4) is 0 Å². The van der Waals surface area contributed by atoms with Crippen molar-refractivity contribution in [2.24, 2.45) is 5.92 Å². The molecule has 9 heteroatoms. The number of nitrogens with one attached hydrogen (secondary N) is 1. The maximum absolute atomic E-state index is 12.5. The molecule has 0 aliphatic carbocycles. The Bertz CT molecular complexity index is 865. The number of aromatic nitrogens is 1. The number of sulfonamides is 1. The second-order valence-corrected chi connectivity index (χ2v) is 9.75. The van der Waals surface area contributed by atoms with Crippen LogP contribution in [-0.2, 0) is 14.8 Å². The van der Waals surface area contributed by atoms with Crippen molar-refractivity contribution in [3.63, 3.8) is 0 Å². The van der Waals surface area contributed by atoms with E-state index < -0.39 is 10.0 Å². The third kappa shape index (κ3) is 4.66. The number of amides is 1. The molecule has 1 aromatic heterocycles. The van der Waals surface area contributed by atoms with Crippen molar-refractivity contribution in [2.75, 3.05) is 24.7 Å². The van der Waals surface area contributed by atoms with Gasteiger partial charge in [-0.05, 0) is 25.0 Å². The predicted molar refractivity (Wildman–Crippen MR) is 103 cm³/mol. The van der Waals surface area contributed by atoms with Crippen LogP contribution >= 0.6 is 27.3 Å². The molecule has 1 aromatic carbocycles. The molecule has 25 heavy (non-hydrogen) atoms. The number of nitrogens with zero attached hydrogens (tertiary/aromatic N) is 2. The quantitative estimate of drug-likeness (QED) is 0.786. The van der Waals surface area contributed by atoms with Crippen LogP contribution in [0.1, 0.15) is 12.8 Å². The van der Waals surface area contributed by atoms with Crippen molar-refractivity contribution in [3.8, 4) is 11.3 Å². The smallest absolute Gasteiger partial charge is 0.230 e. The van der Waals surface area contributed by atoms with Crippen LogP contribution in [0.25, 0.3) is 11.3 Å². The summed E-state index contributed by atoms with van der Waals surface area (Å²) in [6.07, 6.45) is 2.55. The van der Waals surface area contributed by atoms with Crippen LogP contribution in [0.4, 0.5) is 5.13 Å². The van der Waals surface area contributed by atoms with Crippen LogP contribution in [0.15, 0.2) is 34.1 Å². The summed E-state index contributed by atoms with van der Waals surface area (Å²) in [6.45, 7) is 0.711. The van der Waals surface area contributed by atoms with E-state index in [-0.39, 0.29) is 18.4 Å². The number of rotatable bonds is 4. The lowest BCUT2D eigenvalue weighted by molar-refractivity contribution is -0.120. The Morgan fingerprint density at radius 1 is 1.36 bits per heavy atom. The second-order valence-electron chi connectivity index (χ2n) is 5.99. The van der Waals surface area contributed by atoms with Crippen LogP contribution in [0.5, 0.6) is 0 Å². The first kappa shape index (κ1) is 18.5. The van der Waals surface area contributed by atoms with Gasteiger partial charge in [0.15, 0.2) is 5.13 Å². The van der Waals surface area contributed by atoms with E-state index in [1.54, 1.807) is 0 Å². The number of anilines is 1. The lowest BCUT2D eigenvalue weighted by Gasteiger charge is -2.29. The first-order chi connectivity index (χ1) is 11.8. The normalized spacial score (nSPS) is 18.9. The standard InChI is InChI=1S/C16H18BrN3O3S2/c1-25(22,23)20-8-2-3-12(9-20)15(21)19-16-18-14(10-24-16)11-4-6-13(17)7-5-11/h4-7,10,12H,2-3,8-9H2,1H3,(H,18,19,21). The monoisotopic (exact) mass is 443 g/mol. The Morgan fingerprint density at radius 3 is 2.76 bits per heavy atom. The highest BCUT2D eigenvalue weighted by Crippen LogP contribution is 2.27. The fourth-order valence-electron chi connectivity index (χ4n) is 2.75. The molecule has 2 aromatic rings. The van der Waals surface area contributed by atoms with Crippen LogP contribution in [-0.4, -0.2) is 43.0 Å². The maximum atomic E-state index is 12.5. The fraction of sp³-hybridized carbons (Fsp3) is 0.375. The van der Waals surface area contributed by atoms with Gasteiger partial charge in [-0.2, -0.15) is 0 Å². The minimum Gasteiger partial charge on any atom is -0.302 e. The molecule has 0 radical (unpaired) electrons. The summed E-state index contributed by atoms with van der Waals surface area (Å²) < 4.78 is 25.7. The Balaban J connectivity index is 1.66. The first-order valence-electron chi connectivity index (χ1n) is 7.80. The Labute approximate surface area is 159 Å². The van der Waals surface area contributed by atoms with Gasteiger partial charge in [0.2, 0.25) is 15.9 Å². The zero-order valence-corrected chi connectivity index (χ0v) is 16.8. The van der Waals surface area contributed by atoms with E-state index in [0.717, 1.165) is 15.7 Å². The van der Waals surface area contributed by atoms with E-state index in [0.29, 0.717) is 24.5 Å². The summed E-state index contributed by atoms with van der Waals surface area (Å²) in [5, 5.41) is 5.24. The molecule has 134 valence electrons. The molecule has 0 bridgehead atoms. The number of hydrogen-bond donors (Lipinski definition) is 1. The van der Waals surface area contributed by atoms with Gasteiger partial charge in [-0.15, -0.1) is 11.3 Å². The Hall–Kier alpha value is -1.29. The number of carbonyl (C=O) groups excluding carboxylic acids is 1. The Kier molecular flexibility index (Phi) is 5.57. The average Bonchev–Trinajstić information content (AvgIpc) is 3.03. The molecule has 2 heterocycles. The molecule has 0 saturated carbocycles. The van der Waals surface area contributed by atoms with Gasteiger partial charge in [0, 0.05) is 28.5 Å². The van der Waals surface area contributed by atoms with Crippen molar-refractivity contribution in [3.05, 3.63) is 34.1 Å². The summed E-state index contributed by atoms with van der Waals surface area (Å²) in [6, 6.07) is 7.79. The van der Waals surface area contributed by atoms with Crippen molar-refractivity contribution in [2.45, 2.75) is 12.8 Å². The van der Waals surface area contributed by atoms with Gasteiger partial charge in [-0.1, -0.05) is 28.1 Å². The molecule has 1 aliphatic heterocycles. The van der Waals surface area contributed by atoms with Gasteiger partial charge >= 0.3 is 0 Å². The third-order valence-electron chi connectivity index (χ3n) is 4.10. The number of carbonyl (C=O) groups is 1. The minimum atomic E-state index is -3.26. The fourth-order valence-corrected chi connectivity index (χ4v) is 4.65. The minimum absolute atomic E-state index is 0.176. The maximum Gasteiger partial charge on any atom is 0.230 e. The van der Waals surface area contributed by atoms with Gasteiger partial charge in [-0.25, -0.2) is 17.7 Å². The molecule has 6 nitrogen and oxygen atoms in total. The van der Waals surface area contributed by atoms with Gasteiger partial charge in [0.1, 0.15) is 0 Å². The van der Waals surface area contributed by atoms with E-state index in [1.165, 1.54) is 21.9 Å². The summed E-state index contributed by atoms with van der Waals surface area (Å²) >= 11 is 4.76. The molecule has 1 fully saturated rings. The highest BCUT2D eigenvalue weighted by molar-refractivity contribution is 9.10. The van der Waals surface area contributed by atoms with Crippen LogP contribution < -0.4 is 5.32 Å². The highest BCUT2D eigenvalue weighted by Gasteiger charge is 2.30. The van der Waals surface area contributed by atoms with Crippen molar-refractivity contribution in [1.29, 1.82) is 0 Å². The van der Waals surface area contributed by atoms with Gasteiger partial charge in [-0.3, -0.25) is 4.79 Å². The first-order valence-corrected chi connectivity index (χ1v) is 11.3. The van der Waals surface area contributed by atoms with Gasteiger partial charge in [0.05, 0.1) is 17.9 Å². The third-order valence-corrected chi connectivity index (χ3v) is 6.65. The lowest BCUT2D eigenvalue weighted by Crippen LogP contribution is -2.43. The average molecular weight is 444 g/mol. The highest BCUT2D eigenvalue weighted by atomic mass is 79.9. The summed E-state index contributed by atoms with van der Waals surface area (Å²) in [4.78, 5) is 16.9. The number of hydrogen-bond acceptors (Lipinski definition) is 5. The van der Waals surface area contributed by atoms with E-state index in [4.69, 9.17) is 0 Å². The largest absolute Gasteiger partial charge is 0.302 e. The second kappa shape index (κ2) is 7.53. The van der Waals surface area contributed by atoms with Crippen molar-refractivity contribution in [1.82, 2.24) is 9.29 Å². The molecular weight excluding hydrogens is 426 g/mol. The summed E-state index contributed by atoms with van der Waals surface area (Å²) in [5.41, 5.74) is 1.77. The molecule has 1 atom stereocenters. The van der Waals surface area contributed by atoms with E-state index >= 15 is 0 Å². The number of thiazole rings is 1. The summed E-state index contributed by atoms with van der Waals surface area (Å²) in [7, 11) is -3.26. The zero-order valence-electron chi connectivity index (χ0n) is 13.6. The Morgan fingerprint density at radius 2 is 2.08 bits per heavy atom. The van der Waals surface area contributed by atoms with E-state index in [1.807, 2.05) is 29.6 Å². The SMILES string of the molecule is CS(=O)(=O)N1CCCC(C(=O)Nc2nc(-c3ccc(Br)cc3)cs2)C1. The predicted octanol–water partition coefficient (Wildman–Crippen LogP) is 3.18. The van der Waals surface area contributed by atoms with E-state index in [9.17, 15) is 13.2 Å². The van der Waals surface area contributed by atoms with Crippen LogP contribution in [0, 0.1) is 5.92 Å². The molecule has 1 N–H and O–H groups in total.